The van der Waals surface area contributed by atoms with Crippen LogP contribution in [0.25, 0.3) is 0 Å². The summed E-state index contributed by atoms with van der Waals surface area (Å²) in [6.45, 7) is 9.52. The second-order valence-electron chi connectivity index (χ2n) is 8.26. The number of aryl methyl sites for hydroxylation is 1. The van der Waals surface area contributed by atoms with Crippen LogP contribution in [-0.4, -0.2) is 36.8 Å². The zero-order valence-corrected chi connectivity index (χ0v) is 17.4. The van der Waals surface area contributed by atoms with Gasteiger partial charge in [-0.15, -0.1) is 0 Å². The standard InChI is InChI=1S/C19H28N3O4P/c1-15-20-11-12-21(15)27(24,25-16-9-7-6-8-10-16)26-17-13-18(2,3)22(23)19(4,5)14-17/h6-12,17,23H,13-14H2,1-5H3. The molecule has 1 aromatic heterocycles. The van der Waals surface area contributed by atoms with Crippen LogP contribution in [-0.2, 0) is 9.09 Å². The normalized spacial score (nSPS) is 22.3. The van der Waals surface area contributed by atoms with Crippen molar-refractivity contribution in [2.75, 3.05) is 0 Å². The van der Waals surface area contributed by atoms with Crippen molar-refractivity contribution in [2.45, 2.75) is 64.6 Å². The van der Waals surface area contributed by atoms with Gasteiger partial charge in [0.25, 0.3) is 0 Å². The number of para-hydroxylation sites is 1. The molecule has 0 aliphatic carbocycles. The van der Waals surface area contributed by atoms with Gasteiger partial charge in [0.1, 0.15) is 11.6 Å². The molecule has 1 atom stereocenters. The zero-order valence-electron chi connectivity index (χ0n) is 16.5. The van der Waals surface area contributed by atoms with E-state index in [4.69, 9.17) is 9.05 Å². The van der Waals surface area contributed by atoms with Crippen LogP contribution in [0, 0.1) is 6.92 Å². The minimum absolute atomic E-state index is 0.352. The molecule has 148 valence electrons. The molecule has 27 heavy (non-hydrogen) atoms. The smallest absolute Gasteiger partial charge is 0.409 e. The molecule has 1 fully saturated rings. The highest BCUT2D eigenvalue weighted by Crippen LogP contribution is 2.54. The lowest BCUT2D eigenvalue weighted by molar-refractivity contribution is -0.255. The maximum absolute atomic E-state index is 13.8. The Morgan fingerprint density at radius 2 is 1.74 bits per heavy atom. The maximum atomic E-state index is 13.8. The minimum atomic E-state index is -3.73. The number of nitrogens with zero attached hydrogens (tertiary/aromatic N) is 3. The molecule has 0 bridgehead atoms. The van der Waals surface area contributed by atoms with Crippen LogP contribution in [0.3, 0.4) is 0 Å². The van der Waals surface area contributed by atoms with Crippen LogP contribution in [0.2, 0.25) is 0 Å². The molecule has 1 aliphatic rings. The number of benzene rings is 1. The number of aromatic nitrogens is 2. The van der Waals surface area contributed by atoms with Gasteiger partial charge in [-0.1, -0.05) is 18.2 Å². The van der Waals surface area contributed by atoms with E-state index in [9.17, 15) is 9.77 Å². The van der Waals surface area contributed by atoms with Gasteiger partial charge in [0.05, 0.1) is 6.10 Å². The lowest BCUT2D eigenvalue weighted by Gasteiger charge is -2.51. The summed E-state index contributed by atoms with van der Waals surface area (Å²) in [5, 5.41) is 11.9. The van der Waals surface area contributed by atoms with E-state index in [-0.39, 0.29) is 6.10 Å². The zero-order chi connectivity index (χ0) is 19.9. The van der Waals surface area contributed by atoms with E-state index in [0.29, 0.717) is 24.4 Å². The third-order valence-corrected chi connectivity index (χ3v) is 6.87. The predicted octanol–water partition coefficient (Wildman–Crippen LogP) is 4.65. The first kappa shape index (κ1) is 20.1. The Morgan fingerprint density at radius 3 is 2.26 bits per heavy atom. The van der Waals surface area contributed by atoms with E-state index in [2.05, 4.69) is 4.98 Å². The first-order valence-corrected chi connectivity index (χ1v) is 10.6. The van der Waals surface area contributed by atoms with Gasteiger partial charge in [-0.2, -0.15) is 5.06 Å². The van der Waals surface area contributed by atoms with Gasteiger partial charge < -0.3 is 9.73 Å². The van der Waals surface area contributed by atoms with Crippen molar-refractivity contribution in [3.63, 3.8) is 0 Å². The molecule has 0 saturated carbocycles. The average Bonchev–Trinajstić information content (AvgIpc) is 3.00. The SMILES string of the molecule is Cc1nccn1P(=O)(Oc1ccccc1)OC1CC(C)(C)N(O)C(C)(C)C1. The number of piperidine rings is 1. The van der Waals surface area contributed by atoms with Crippen LogP contribution in [0.4, 0.5) is 0 Å². The van der Waals surface area contributed by atoms with Crippen molar-refractivity contribution in [1.82, 2.24) is 14.4 Å². The van der Waals surface area contributed by atoms with E-state index in [0.717, 1.165) is 0 Å². The molecular formula is C19H28N3O4P. The van der Waals surface area contributed by atoms with Gasteiger partial charge in [0.2, 0.25) is 0 Å². The molecule has 1 saturated heterocycles. The molecule has 0 radical (unpaired) electrons. The van der Waals surface area contributed by atoms with Crippen molar-refractivity contribution >= 4 is 7.75 Å². The molecule has 1 unspecified atom stereocenters. The number of hydroxylamine groups is 2. The van der Waals surface area contributed by atoms with Crippen LogP contribution in [0.5, 0.6) is 5.75 Å². The van der Waals surface area contributed by atoms with E-state index in [1.807, 2.05) is 45.9 Å². The molecule has 1 aromatic carbocycles. The Hall–Kier alpha value is -1.66. The van der Waals surface area contributed by atoms with Gasteiger partial charge in [0, 0.05) is 23.5 Å². The lowest BCUT2D eigenvalue weighted by Crippen LogP contribution is -2.60. The van der Waals surface area contributed by atoms with Crippen molar-refractivity contribution in [3.05, 3.63) is 48.5 Å². The molecule has 2 heterocycles. The van der Waals surface area contributed by atoms with Crippen LogP contribution in [0.15, 0.2) is 42.7 Å². The fourth-order valence-electron chi connectivity index (χ4n) is 3.80. The first-order valence-electron chi connectivity index (χ1n) is 9.07. The van der Waals surface area contributed by atoms with E-state index in [1.54, 1.807) is 31.5 Å². The second-order valence-corrected chi connectivity index (χ2v) is 10.0. The van der Waals surface area contributed by atoms with Crippen molar-refractivity contribution in [2.24, 2.45) is 0 Å². The molecule has 0 spiro atoms. The lowest BCUT2D eigenvalue weighted by atomic mass is 9.80. The summed E-state index contributed by atoms with van der Waals surface area (Å²) in [7, 11) is -3.73. The monoisotopic (exact) mass is 393 g/mol. The molecule has 1 aliphatic heterocycles. The minimum Gasteiger partial charge on any atom is -0.409 e. The Bertz CT molecular complexity index is 816. The fraction of sp³-hybridized carbons (Fsp3) is 0.526. The number of imidazole rings is 1. The van der Waals surface area contributed by atoms with Crippen molar-refractivity contribution < 1.29 is 18.8 Å². The van der Waals surface area contributed by atoms with E-state index >= 15 is 0 Å². The quantitative estimate of drug-likeness (QED) is 0.745. The average molecular weight is 393 g/mol. The highest BCUT2D eigenvalue weighted by molar-refractivity contribution is 7.52. The van der Waals surface area contributed by atoms with Crippen LogP contribution >= 0.6 is 7.75 Å². The molecule has 0 amide bonds. The van der Waals surface area contributed by atoms with Gasteiger partial charge >= 0.3 is 7.75 Å². The molecule has 2 aromatic rings. The van der Waals surface area contributed by atoms with E-state index < -0.39 is 18.8 Å². The highest BCUT2D eigenvalue weighted by Gasteiger charge is 2.48. The summed E-state index contributed by atoms with van der Waals surface area (Å²) in [5.74, 6) is 1.01. The third kappa shape index (κ3) is 4.11. The van der Waals surface area contributed by atoms with Crippen molar-refractivity contribution in [1.29, 1.82) is 0 Å². The van der Waals surface area contributed by atoms with Crippen molar-refractivity contribution in [3.8, 4) is 5.75 Å². The number of rotatable bonds is 5. The summed E-state index contributed by atoms with van der Waals surface area (Å²) in [5.41, 5.74) is -1.04. The summed E-state index contributed by atoms with van der Waals surface area (Å²) in [4.78, 5) is 4.17. The Morgan fingerprint density at radius 1 is 1.15 bits per heavy atom. The third-order valence-electron chi connectivity index (χ3n) is 4.91. The fourth-order valence-corrected chi connectivity index (χ4v) is 5.58. The van der Waals surface area contributed by atoms with Gasteiger partial charge in [0.15, 0.2) is 0 Å². The highest BCUT2D eigenvalue weighted by atomic mass is 31.2. The summed E-state index contributed by atoms with van der Waals surface area (Å²) >= 11 is 0. The summed E-state index contributed by atoms with van der Waals surface area (Å²) < 4.78 is 27.3. The Kier molecular flexibility index (Phi) is 5.25. The number of hydrogen-bond acceptors (Lipinski definition) is 6. The molecule has 3 rings (SSSR count). The molecule has 7 nitrogen and oxygen atoms in total. The first-order chi connectivity index (χ1) is 12.5. The van der Waals surface area contributed by atoms with Crippen LogP contribution < -0.4 is 4.52 Å². The summed E-state index contributed by atoms with van der Waals surface area (Å²) in [6.07, 6.45) is 3.86. The predicted molar refractivity (Wildman–Crippen MR) is 103 cm³/mol. The molecule has 1 N–H and O–H groups in total. The maximum Gasteiger partial charge on any atom is 0.494 e. The molecular weight excluding hydrogens is 365 g/mol. The van der Waals surface area contributed by atoms with Gasteiger partial charge in [-0.25, -0.2) is 13.9 Å². The summed E-state index contributed by atoms with van der Waals surface area (Å²) in [6, 6.07) is 8.98. The second kappa shape index (κ2) is 7.06. The van der Waals surface area contributed by atoms with E-state index in [1.165, 1.54) is 9.40 Å². The van der Waals surface area contributed by atoms with Gasteiger partial charge in [-0.3, -0.25) is 4.52 Å². The Labute approximate surface area is 160 Å². The Balaban J connectivity index is 1.93. The topological polar surface area (TPSA) is 76.8 Å². The van der Waals surface area contributed by atoms with Crippen LogP contribution in [0.1, 0.15) is 46.4 Å². The largest absolute Gasteiger partial charge is 0.494 e. The van der Waals surface area contributed by atoms with Gasteiger partial charge in [-0.05, 0) is 59.6 Å². The molecule has 8 heteroatoms. The number of hydrogen-bond donors (Lipinski definition) is 1.